The van der Waals surface area contributed by atoms with Crippen LogP contribution in [0.2, 0.25) is 0 Å². The van der Waals surface area contributed by atoms with Gasteiger partial charge in [-0.3, -0.25) is 4.98 Å². The summed E-state index contributed by atoms with van der Waals surface area (Å²) in [4.78, 5) is 4.05. The molecular formula is C10H14N2. The maximum atomic E-state index is 4.05. The van der Waals surface area contributed by atoms with Gasteiger partial charge in [0.05, 0.1) is 0 Å². The second-order valence-electron chi connectivity index (χ2n) is 2.70. The molecule has 0 saturated carbocycles. The Balaban J connectivity index is 2.53. The smallest absolute Gasteiger partial charge is 0.0315 e. The van der Waals surface area contributed by atoms with E-state index < -0.39 is 0 Å². The van der Waals surface area contributed by atoms with E-state index in [0.29, 0.717) is 6.04 Å². The molecule has 0 fully saturated rings. The molecule has 1 N–H and O–H groups in total. The summed E-state index contributed by atoms with van der Waals surface area (Å²) in [5.74, 6) is 0. The highest BCUT2D eigenvalue weighted by atomic mass is 14.9. The number of hydrogen-bond acceptors (Lipinski definition) is 2. The predicted molar refractivity (Wildman–Crippen MR) is 50.9 cm³/mol. The lowest BCUT2D eigenvalue weighted by atomic mass is 10.1. The van der Waals surface area contributed by atoms with Crippen molar-refractivity contribution in [1.29, 1.82) is 0 Å². The van der Waals surface area contributed by atoms with Gasteiger partial charge < -0.3 is 5.32 Å². The first-order valence-corrected chi connectivity index (χ1v) is 4.09. The molecule has 1 atom stereocenters. The molecule has 2 heteroatoms. The number of nitrogens with zero attached hydrogens (tertiary/aromatic N) is 1. The second-order valence-corrected chi connectivity index (χ2v) is 2.70. The van der Waals surface area contributed by atoms with Crippen LogP contribution in [0.1, 0.15) is 18.5 Å². The zero-order valence-electron chi connectivity index (χ0n) is 7.33. The SMILES string of the molecule is C=CCNC(C)c1cccnc1. The van der Waals surface area contributed by atoms with Crippen LogP contribution in [0.25, 0.3) is 0 Å². The zero-order chi connectivity index (χ0) is 8.81. The van der Waals surface area contributed by atoms with Crippen LogP contribution in [0.3, 0.4) is 0 Å². The van der Waals surface area contributed by atoms with E-state index in [0.717, 1.165) is 6.54 Å². The summed E-state index contributed by atoms with van der Waals surface area (Å²) >= 11 is 0. The lowest BCUT2D eigenvalue weighted by molar-refractivity contribution is 0.615. The number of rotatable bonds is 4. The molecule has 0 aliphatic carbocycles. The minimum absolute atomic E-state index is 0.344. The summed E-state index contributed by atoms with van der Waals surface area (Å²) in [5.41, 5.74) is 1.21. The van der Waals surface area contributed by atoms with Crippen LogP contribution in [0.15, 0.2) is 37.2 Å². The van der Waals surface area contributed by atoms with Gasteiger partial charge in [-0.15, -0.1) is 6.58 Å². The molecule has 1 aromatic rings. The largest absolute Gasteiger partial charge is 0.307 e. The fraction of sp³-hybridized carbons (Fsp3) is 0.300. The van der Waals surface area contributed by atoms with Gasteiger partial charge in [-0.2, -0.15) is 0 Å². The Kier molecular flexibility index (Phi) is 3.48. The van der Waals surface area contributed by atoms with Crippen LogP contribution in [-0.4, -0.2) is 11.5 Å². The summed E-state index contributed by atoms with van der Waals surface area (Å²) in [6.45, 7) is 6.59. The number of aromatic nitrogens is 1. The summed E-state index contributed by atoms with van der Waals surface area (Å²) in [5, 5.41) is 3.29. The summed E-state index contributed by atoms with van der Waals surface area (Å²) in [6.07, 6.45) is 5.51. The molecule has 0 saturated heterocycles. The molecule has 0 aliphatic rings. The van der Waals surface area contributed by atoms with Gasteiger partial charge in [-0.25, -0.2) is 0 Å². The van der Waals surface area contributed by atoms with Crippen molar-refractivity contribution < 1.29 is 0 Å². The van der Waals surface area contributed by atoms with Crippen molar-refractivity contribution in [2.45, 2.75) is 13.0 Å². The van der Waals surface area contributed by atoms with Crippen molar-refractivity contribution in [2.24, 2.45) is 0 Å². The van der Waals surface area contributed by atoms with Gasteiger partial charge in [0.25, 0.3) is 0 Å². The van der Waals surface area contributed by atoms with E-state index in [1.807, 2.05) is 18.3 Å². The molecule has 12 heavy (non-hydrogen) atoms. The molecule has 1 unspecified atom stereocenters. The molecule has 0 bridgehead atoms. The summed E-state index contributed by atoms with van der Waals surface area (Å²) < 4.78 is 0. The third-order valence-electron chi connectivity index (χ3n) is 1.75. The Labute approximate surface area is 73.3 Å². The van der Waals surface area contributed by atoms with Crippen LogP contribution in [0.5, 0.6) is 0 Å². The highest BCUT2D eigenvalue weighted by Gasteiger charge is 2.01. The molecule has 0 aliphatic heterocycles. The van der Waals surface area contributed by atoms with E-state index in [1.54, 1.807) is 6.20 Å². The average molecular weight is 162 g/mol. The molecule has 1 aromatic heterocycles. The van der Waals surface area contributed by atoms with Gasteiger partial charge in [0, 0.05) is 25.0 Å². The molecule has 64 valence electrons. The van der Waals surface area contributed by atoms with Crippen molar-refractivity contribution in [2.75, 3.05) is 6.54 Å². The van der Waals surface area contributed by atoms with E-state index in [2.05, 4.69) is 29.9 Å². The van der Waals surface area contributed by atoms with Crippen LogP contribution in [0.4, 0.5) is 0 Å². The van der Waals surface area contributed by atoms with Gasteiger partial charge in [0.2, 0.25) is 0 Å². The van der Waals surface area contributed by atoms with Crippen LogP contribution in [0, 0.1) is 0 Å². The van der Waals surface area contributed by atoms with Crippen LogP contribution < -0.4 is 5.32 Å². The lowest BCUT2D eigenvalue weighted by Crippen LogP contribution is -2.18. The van der Waals surface area contributed by atoms with Gasteiger partial charge in [-0.05, 0) is 18.6 Å². The monoisotopic (exact) mass is 162 g/mol. The van der Waals surface area contributed by atoms with Gasteiger partial charge in [0.15, 0.2) is 0 Å². The fourth-order valence-electron chi connectivity index (χ4n) is 1.01. The second kappa shape index (κ2) is 4.67. The number of nitrogens with one attached hydrogen (secondary N) is 1. The first-order valence-electron chi connectivity index (χ1n) is 4.09. The van der Waals surface area contributed by atoms with E-state index in [1.165, 1.54) is 5.56 Å². The Morgan fingerprint density at radius 1 is 1.75 bits per heavy atom. The van der Waals surface area contributed by atoms with E-state index in [4.69, 9.17) is 0 Å². The number of pyridine rings is 1. The molecule has 0 spiro atoms. The third kappa shape index (κ3) is 2.47. The van der Waals surface area contributed by atoms with E-state index in [-0.39, 0.29) is 0 Å². The maximum absolute atomic E-state index is 4.05. The molecule has 1 heterocycles. The first kappa shape index (κ1) is 8.94. The van der Waals surface area contributed by atoms with Gasteiger partial charge in [0.1, 0.15) is 0 Å². The first-order chi connectivity index (χ1) is 5.84. The molecule has 0 aromatic carbocycles. The Morgan fingerprint density at radius 3 is 3.17 bits per heavy atom. The Bertz CT molecular complexity index is 231. The molecule has 1 rings (SSSR count). The highest BCUT2D eigenvalue weighted by Crippen LogP contribution is 2.08. The molecule has 0 amide bonds. The third-order valence-corrected chi connectivity index (χ3v) is 1.75. The zero-order valence-corrected chi connectivity index (χ0v) is 7.33. The van der Waals surface area contributed by atoms with Crippen LogP contribution in [-0.2, 0) is 0 Å². The van der Waals surface area contributed by atoms with Crippen LogP contribution >= 0.6 is 0 Å². The quantitative estimate of drug-likeness (QED) is 0.684. The fourth-order valence-corrected chi connectivity index (χ4v) is 1.01. The minimum atomic E-state index is 0.344. The van der Waals surface area contributed by atoms with Crippen molar-refractivity contribution in [1.82, 2.24) is 10.3 Å². The molecule has 2 nitrogen and oxygen atoms in total. The topological polar surface area (TPSA) is 24.9 Å². The Morgan fingerprint density at radius 2 is 2.58 bits per heavy atom. The van der Waals surface area contributed by atoms with E-state index >= 15 is 0 Å². The number of hydrogen-bond donors (Lipinski definition) is 1. The molecular weight excluding hydrogens is 148 g/mol. The standard InChI is InChI=1S/C10H14N2/c1-3-6-12-9(2)10-5-4-7-11-8-10/h3-5,7-9,12H,1,6H2,2H3. The summed E-state index contributed by atoms with van der Waals surface area (Å²) in [6, 6.07) is 4.35. The Hall–Kier alpha value is -1.15. The normalized spacial score (nSPS) is 12.4. The van der Waals surface area contributed by atoms with Crippen molar-refractivity contribution >= 4 is 0 Å². The predicted octanol–water partition coefficient (Wildman–Crippen LogP) is 1.92. The van der Waals surface area contributed by atoms with Gasteiger partial charge >= 0.3 is 0 Å². The lowest BCUT2D eigenvalue weighted by Gasteiger charge is -2.11. The summed E-state index contributed by atoms with van der Waals surface area (Å²) in [7, 11) is 0. The van der Waals surface area contributed by atoms with Gasteiger partial charge in [-0.1, -0.05) is 12.1 Å². The van der Waals surface area contributed by atoms with Crippen molar-refractivity contribution in [3.63, 3.8) is 0 Å². The highest BCUT2D eigenvalue weighted by molar-refractivity contribution is 5.12. The van der Waals surface area contributed by atoms with Crippen molar-refractivity contribution in [3.8, 4) is 0 Å². The van der Waals surface area contributed by atoms with Crippen molar-refractivity contribution in [3.05, 3.63) is 42.7 Å². The molecule has 0 radical (unpaired) electrons. The maximum Gasteiger partial charge on any atom is 0.0315 e. The minimum Gasteiger partial charge on any atom is -0.307 e. The van der Waals surface area contributed by atoms with E-state index in [9.17, 15) is 0 Å². The average Bonchev–Trinajstić information content (AvgIpc) is 2.15.